The SMILES string of the molecule is C1CCC(C2CCC(CCC3CCC(C4CCCCC4)CC3)CC2)CC1. The summed E-state index contributed by atoms with van der Waals surface area (Å²) in [6.07, 6.45) is 31.3. The van der Waals surface area contributed by atoms with E-state index in [0.29, 0.717) is 0 Å². The van der Waals surface area contributed by atoms with E-state index in [1.54, 1.807) is 89.9 Å². The molecule has 0 spiro atoms. The first-order chi connectivity index (χ1) is 12.9. The molecule has 150 valence electrons. The van der Waals surface area contributed by atoms with Gasteiger partial charge in [0.05, 0.1) is 0 Å². The Balaban J connectivity index is 1.10. The molecule has 0 amide bonds. The van der Waals surface area contributed by atoms with Crippen LogP contribution in [0, 0.1) is 35.5 Å². The summed E-state index contributed by atoms with van der Waals surface area (Å²) in [5.74, 6) is 6.70. The van der Waals surface area contributed by atoms with E-state index in [0.717, 1.165) is 35.5 Å². The van der Waals surface area contributed by atoms with Crippen LogP contribution in [0.5, 0.6) is 0 Å². The van der Waals surface area contributed by atoms with Crippen LogP contribution < -0.4 is 0 Å². The van der Waals surface area contributed by atoms with E-state index < -0.39 is 0 Å². The van der Waals surface area contributed by atoms with Crippen LogP contribution in [-0.4, -0.2) is 0 Å². The molecule has 0 nitrogen and oxygen atoms in total. The molecule has 0 bridgehead atoms. The molecule has 26 heavy (non-hydrogen) atoms. The molecule has 0 heteroatoms. The lowest BCUT2D eigenvalue weighted by atomic mass is 9.68. The Hall–Kier alpha value is 0. The van der Waals surface area contributed by atoms with Crippen LogP contribution in [0.25, 0.3) is 0 Å². The van der Waals surface area contributed by atoms with Gasteiger partial charge in [0.15, 0.2) is 0 Å². The third-order valence-electron chi connectivity index (χ3n) is 9.40. The van der Waals surface area contributed by atoms with Crippen LogP contribution in [0.2, 0.25) is 0 Å². The van der Waals surface area contributed by atoms with Crippen molar-refractivity contribution in [2.75, 3.05) is 0 Å². The molecule has 0 aromatic carbocycles. The largest absolute Gasteiger partial charge is 0.0533 e. The number of hydrogen-bond donors (Lipinski definition) is 0. The van der Waals surface area contributed by atoms with E-state index in [2.05, 4.69) is 0 Å². The quantitative estimate of drug-likeness (QED) is 0.462. The third-order valence-corrected chi connectivity index (χ3v) is 9.40. The Labute approximate surface area is 164 Å². The van der Waals surface area contributed by atoms with Gasteiger partial charge in [0, 0.05) is 0 Å². The zero-order valence-electron chi connectivity index (χ0n) is 17.6. The van der Waals surface area contributed by atoms with E-state index in [1.807, 2.05) is 0 Å². The van der Waals surface area contributed by atoms with Crippen molar-refractivity contribution in [2.45, 2.75) is 128 Å². The van der Waals surface area contributed by atoms with Crippen LogP contribution in [0.1, 0.15) is 128 Å². The predicted molar refractivity (Wildman–Crippen MR) is 113 cm³/mol. The van der Waals surface area contributed by atoms with Crippen molar-refractivity contribution < 1.29 is 0 Å². The summed E-state index contributed by atoms with van der Waals surface area (Å²) in [4.78, 5) is 0. The van der Waals surface area contributed by atoms with Gasteiger partial charge < -0.3 is 0 Å². The van der Waals surface area contributed by atoms with Gasteiger partial charge in [-0.3, -0.25) is 0 Å². The molecule has 4 aliphatic rings. The summed E-state index contributed by atoms with van der Waals surface area (Å²) in [6.45, 7) is 0. The van der Waals surface area contributed by atoms with Crippen molar-refractivity contribution in [1.29, 1.82) is 0 Å². The standard InChI is InChI=1S/C26H46/c1-3-7-23(8-4-1)25-17-13-21(14-18-25)11-12-22-15-19-26(20-16-22)24-9-5-2-6-10-24/h21-26H,1-20H2. The molecule has 0 saturated heterocycles. The lowest BCUT2D eigenvalue weighted by Crippen LogP contribution is -2.25. The van der Waals surface area contributed by atoms with Gasteiger partial charge in [0.2, 0.25) is 0 Å². The molecule has 0 heterocycles. The van der Waals surface area contributed by atoms with Crippen molar-refractivity contribution in [3.8, 4) is 0 Å². The summed E-state index contributed by atoms with van der Waals surface area (Å²) in [6, 6.07) is 0. The number of rotatable bonds is 5. The molecule has 4 aliphatic carbocycles. The molecule has 4 fully saturated rings. The Kier molecular flexibility index (Phi) is 7.41. The predicted octanol–water partition coefficient (Wildman–Crippen LogP) is 8.54. The molecular weight excluding hydrogens is 312 g/mol. The second-order valence-electron chi connectivity index (χ2n) is 10.9. The van der Waals surface area contributed by atoms with Gasteiger partial charge >= 0.3 is 0 Å². The molecule has 0 unspecified atom stereocenters. The maximum absolute atomic E-state index is 1.59. The fourth-order valence-corrected chi connectivity index (χ4v) is 7.58. The average molecular weight is 359 g/mol. The Morgan fingerprint density at radius 3 is 0.962 bits per heavy atom. The first-order valence-electron chi connectivity index (χ1n) is 12.9. The summed E-state index contributed by atoms with van der Waals surface area (Å²) >= 11 is 0. The molecule has 4 rings (SSSR count). The highest BCUT2D eigenvalue weighted by Crippen LogP contribution is 2.44. The van der Waals surface area contributed by atoms with E-state index in [9.17, 15) is 0 Å². The van der Waals surface area contributed by atoms with Gasteiger partial charge in [-0.25, -0.2) is 0 Å². The maximum Gasteiger partial charge on any atom is -0.0386 e. The topological polar surface area (TPSA) is 0 Å². The minimum atomic E-state index is 1.10. The third kappa shape index (κ3) is 5.29. The van der Waals surface area contributed by atoms with Gasteiger partial charge in [-0.15, -0.1) is 0 Å². The van der Waals surface area contributed by atoms with Crippen molar-refractivity contribution in [3.05, 3.63) is 0 Å². The lowest BCUT2D eigenvalue weighted by molar-refractivity contribution is 0.143. The second-order valence-corrected chi connectivity index (χ2v) is 10.9. The van der Waals surface area contributed by atoms with Crippen molar-refractivity contribution >= 4 is 0 Å². The Morgan fingerprint density at radius 2 is 0.615 bits per heavy atom. The summed E-state index contributed by atoms with van der Waals surface area (Å²) in [5, 5.41) is 0. The summed E-state index contributed by atoms with van der Waals surface area (Å²) in [7, 11) is 0. The zero-order chi connectivity index (χ0) is 17.6. The average Bonchev–Trinajstić information content (AvgIpc) is 2.74. The molecule has 0 aromatic rings. The smallest absolute Gasteiger partial charge is 0.0386 e. The first-order valence-corrected chi connectivity index (χ1v) is 12.9. The fourth-order valence-electron chi connectivity index (χ4n) is 7.58. The van der Waals surface area contributed by atoms with E-state index >= 15 is 0 Å². The van der Waals surface area contributed by atoms with Crippen LogP contribution in [0.3, 0.4) is 0 Å². The Bertz CT molecular complexity index is 333. The monoisotopic (exact) mass is 358 g/mol. The molecule has 0 radical (unpaired) electrons. The summed E-state index contributed by atoms with van der Waals surface area (Å²) in [5.41, 5.74) is 0. The van der Waals surface area contributed by atoms with E-state index in [4.69, 9.17) is 0 Å². The maximum atomic E-state index is 1.59. The fraction of sp³-hybridized carbons (Fsp3) is 1.00. The first kappa shape index (κ1) is 19.3. The Morgan fingerprint density at radius 1 is 0.308 bits per heavy atom. The highest BCUT2D eigenvalue weighted by atomic mass is 14.4. The minimum absolute atomic E-state index is 1.10. The molecule has 0 aliphatic heterocycles. The lowest BCUT2D eigenvalue weighted by Gasteiger charge is -2.38. The molecule has 4 saturated carbocycles. The van der Waals surface area contributed by atoms with E-state index in [1.165, 1.54) is 38.5 Å². The van der Waals surface area contributed by atoms with Crippen LogP contribution in [0.4, 0.5) is 0 Å². The molecule has 0 N–H and O–H groups in total. The highest BCUT2D eigenvalue weighted by Gasteiger charge is 2.31. The van der Waals surface area contributed by atoms with Crippen molar-refractivity contribution in [3.63, 3.8) is 0 Å². The zero-order valence-corrected chi connectivity index (χ0v) is 17.6. The van der Waals surface area contributed by atoms with Crippen LogP contribution in [-0.2, 0) is 0 Å². The molecular formula is C26H46. The van der Waals surface area contributed by atoms with Gasteiger partial charge in [0.25, 0.3) is 0 Å². The van der Waals surface area contributed by atoms with Gasteiger partial charge in [-0.1, -0.05) is 103 Å². The molecule has 0 aromatic heterocycles. The summed E-state index contributed by atoms with van der Waals surface area (Å²) < 4.78 is 0. The van der Waals surface area contributed by atoms with Gasteiger partial charge in [0.1, 0.15) is 0 Å². The van der Waals surface area contributed by atoms with Gasteiger partial charge in [-0.2, -0.15) is 0 Å². The van der Waals surface area contributed by atoms with Crippen LogP contribution >= 0.6 is 0 Å². The van der Waals surface area contributed by atoms with E-state index in [-0.39, 0.29) is 0 Å². The minimum Gasteiger partial charge on any atom is -0.0533 e. The molecule has 0 atom stereocenters. The van der Waals surface area contributed by atoms with Crippen molar-refractivity contribution in [1.82, 2.24) is 0 Å². The van der Waals surface area contributed by atoms with Crippen molar-refractivity contribution in [2.24, 2.45) is 35.5 Å². The second kappa shape index (κ2) is 9.97. The van der Waals surface area contributed by atoms with Crippen LogP contribution in [0.15, 0.2) is 0 Å². The normalized spacial score (nSPS) is 38.3. The number of hydrogen-bond acceptors (Lipinski definition) is 0. The highest BCUT2D eigenvalue weighted by molar-refractivity contribution is 4.82. The van der Waals surface area contributed by atoms with Gasteiger partial charge in [-0.05, 0) is 61.2 Å².